The van der Waals surface area contributed by atoms with Gasteiger partial charge in [0.05, 0.1) is 0 Å². The molecule has 11 heteroatoms. The van der Waals surface area contributed by atoms with Crippen molar-refractivity contribution in [1.82, 2.24) is 0 Å². The first-order valence-corrected chi connectivity index (χ1v) is 5.87. The maximum absolute atomic E-state index is 10.1. The van der Waals surface area contributed by atoms with Crippen LogP contribution in [0.3, 0.4) is 0 Å². The van der Waals surface area contributed by atoms with Crippen LogP contribution in [0.5, 0.6) is 0 Å². The molecule has 0 heterocycles. The number of halogens is 2. The van der Waals surface area contributed by atoms with Crippen molar-refractivity contribution < 1.29 is 28.7 Å². The molecule has 0 radical (unpaired) electrons. The summed E-state index contributed by atoms with van der Waals surface area (Å²) < 4.78 is 16.6. The molecule has 0 bridgehead atoms. The van der Waals surface area contributed by atoms with E-state index < -0.39 is 19.0 Å². The third-order valence-corrected chi connectivity index (χ3v) is 6.12. The van der Waals surface area contributed by atoms with E-state index in [1.54, 1.807) is 0 Å². The van der Waals surface area contributed by atoms with E-state index >= 15 is 0 Å². The van der Waals surface area contributed by atoms with E-state index in [1.807, 2.05) is 0 Å². The predicted octanol–water partition coefficient (Wildman–Crippen LogP) is -1.21. The summed E-state index contributed by atoms with van der Waals surface area (Å²) in [5.41, 5.74) is 0. The van der Waals surface area contributed by atoms with E-state index in [-0.39, 0.29) is 23.1 Å². The molecule has 2 unspecified atom stereocenters. The molecule has 6 nitrogen and oxygen atoms in total. The van der Waals surface area contributed by atoms with E-state index in [9.17, 15) is 18.9 Å². The van der Waals surface area contributed by atoms with Gasteiger partial charge in [0.2, 0.25) is 3.82 Å². The van der Waals surface area contributed by atoms with Gasteiger partial charge in [-0.1, -0.05) is 23.2 Å². The zero-order chi connectivity index (χ0) is 9.50. The van der Waals surface area contributed by atoms with Crippen molar-refractivity contribution >= 4 is 61.4 Å². The summed E-state index contributed by atoms with van der Waals surface area (Å²) in [5.74, 6) is 0. The Kier molecular flexibility index (Phi) is 5.96. The van der Waals surface area contributed by atoms with Gasteiger partial charge in [0.25, 0.3) is 0 Å². The van der Waals surface area contributed by atoms with Gasteiger partial charge in [0.15, 0.2) is 15.2 Å². The van der Waals surface area contributed by atoms with Crippen LogP contribution in [0.25, 0.3) is 0 Å². The van der Waals surface area contributed by atoms with E-state index in [0.29, 0.717) is 0 Å². The Balaban J connectivity index is 0. The molecule has 0 amide bonds. The average Bonchev–Trinajstić information content (AvgIpc) is 1.58. The molecule has 0 aromatic heterocycles. The fourth-order valence-corrected chi connectivity index (χ4v) is 1.44. The van der Waals surface area contributed by atoms with E-state index in [2.05, 4.69) is 23.2 Å². The molecule has 0 fully saturated rings. The van der Waals surface area contributed by atoms with Gasteiger partial charge >= 0.3 is 23.1 Å². The van der Waals surface area contributed by atoms with Crippen LogP contribution < -0.4 is 9.79 Å². The maximum Gasteiger partial charge on any atom is 2.00 e. The molecular weight excluding hydrogens is 265 g/mol. The van der Waals surface area contributed by atoms with Crippen LogP contribution in [0.15, 0.2) is 0 Å². The van der Waals surface area contributed by atoms with Crippen molar-refractivity contribution in [2.45, 2.75) is 3.82 Å². The van der Waals surface area contributed by atoms with Crippen LogP contribution in [0, 0.1) is 0 Å². The van der Waals surface area contributed by atoms with Crippen molar-refractivity contribution in [3.05, 3.63) is 0 Å². The summed E-state index contributed by atoms with van der Waals surface area (Å²) in [4.78, 5) is 36.3. The molecule has 0 aliphatic heterocycles. The van der Waals surface area contributed by atoms with Crippen molar-refractivity contribution in [2.24, 2.45) is 0 Å². The first-order valence-electron chi connectivity index (χ1n) is 1.96. The first kappa shape index (κ1) is 16.1. The Labute approximate surface area is 93.7 Å². The minimum atomic E-state index is -5.53. The van der Waals surface area contributed by atoms with Gasteiger partial charge in [0.1, 0.15) is 0 Å². The molecule has 0 saturated heterocycles. The zero-order valence-electron chi connectivity index (χ0n) is 5.38. The molecule has 0 aromatic rings. The van der Waals surface area contributed by atoms with Crippen LogP contribution in [-0.2, 0) is 9.13 Å². The van der Waals surface area contributed by atoms with Crippen LogP contribution in [0.4, 0.5) is 0 Å². The van der Waals surface area contributed by atoms with Gasteiger partial charge in [-0.15, -0.1) is 0 Å². The van der Waals surface area contributed by atoms with Gasteiger partial charge in [0, 0.05) is 0 Å². The topological polar surface area (TPSA) is 121 Å². The van der Waals surface area contributed by atoms with Crippen LogP contribution in [0.1, 0.15) is 0 Å². The molecule has 2 atom stereocenters. The van der Waals surface area contributed by atoms with Crippen LogP contribution in [-0.4, -0.2) is 36.7 Å². The second-order valence-corrected chi connectivity index (χ2v) is 7.71. The number of hydrogen-bond donors (Lipinski definition) is 2. The Hall–Kier alpha value is 1.65. The molecule has 12 heavy (non-hydrogen) atoms. The molecule has 0 aliphatic carbocycles. The molecular formula is CH2Cl2MgO6P2. The SMILES string of the molecule is O=P([O-])(O)C(Cl)(Cl)P(=O)([O-])O.[Mg+2]. The summed E-state index contributed by atoms with van der Waals surface area (Å²) in [5, 5.41) is 0. The second-order valence-electron chi connectivity index (χ2n) is 1.55. The summed E-state index contributed by atoms with van der Waals surface area (Å²) in [6, 6.07) is 0. The number of rotatable bonds is 2. The molecule has 0 aromatic carbocycles. The molecule has 0 rings (SSSR count). The molecule has 0 saturated carbocycles. The molecule has 2 N–H and O–H groups in total. The standard InChI is InChI=1S/CH4Cl2O6P2.Mg/c2-1(3,10(4,5)6)11(7,8)9;/h(H2,4,5,6)(H2,7,8,9);/q;+2/p-2. The van der Waals surface area contributed by atoms with Crippen molar-refractivity contribution in [2.75, 3.05) is 0 Å². The third-order valence-electron chi connectivity index (χ3n) is 0.680. The summed E-state index contributed by atoms with van der Waals surface area (Å²) >= 11 is 9.21. The quantitative estimate of drug-likeness (QED) is 0.368. The number of hydrogen-bond acceptors (Lipinski definition) is 4. The van der Waals surface area contributed by atoms with Crippen LogP contribution in [0.2, 0.25) is 0 Å². The van der Waals surface area contributed by atoms with Crippen molar-refractivity contribution in [1.29, 1.82) is 0 Å². The van der Waals surface area contributed by atoms with Gasteiger partial charge < -0.3 is 28.7 Å². The Morgan fingerprint density at radius 2 is 1.25 bits per heavy atom. The van der Waals surface area contributed by atoms with Crippen molar-refractivity contribution in [3.63, 3.8) is 0 Å². The maximum atomic E-state index is 10.1. The van der Waals surface area contributed by atoms with Gasteiger partial charge in [-0.3, -0.25) is 0 Å². The molecule has 0 aliphatic rings. The molecule has 68 valence electrons. The smallest absolute Gasteiger partial charge is 0.776 e. The van der Waals surface area contributed by atoms with Gasteiger partial charge in [-0.2, -0.15) is 0 Å². The normalized spacial score (nSPS) is 21.8. The van der Waals surface area contributed by atoms with Crippen LogP contribution >= 0.6 is 38.4 Å². The largest absolute Gasteiger partial charge is 2.00 e. The predicted molar refractivity (Wildman–Crippen MR) is 39.8 cm³/mol. The van der Waals surface area contributed by atoms with Crippen molar-refractivity contribution in [3.8, 4) is 0 Å². The van der Waals surface area contributed by atoms with Gasteiger partial charge in [-0.25, -0.2) is 0 Å². The minimum absolute atomic E-state index is 0. The zero-order valence-corrected chi connectivity index (χ0v) is 10.1. The minimum Gasteiger partial charge on any atom is -0.776 e. The monoisotopic (exact) mass is 266 g/mol. The van der Waals surface area contributed by atoms with Gasteiger partial charge in [-0.05, 0) is 0 Å². The number of alkyl halides is 2. The van der Waals surface area contributed by atoms with E-state index in [0.717, 1.165) is 0 Å². The Morgan fingerprint density at radius 3 is 1.25 bits per heavy atom. The van der Waals surface area contributed by atoms with E-state index in [4.69, 9.17) is 9.79 Å². The third kappa shape index (κ3) is 3.42. The summed E-state index contributed by atoms with van der Waals surface area (Å²) in [6.45, 7) is 0. The summed E-state index contributed by atoms with van der Waals surface area (Å²) in [6.07, 6.45) is 0. The molecule has 0 spiro atoms. The average molecular weight is 267 g/mol. The fraction of sp³-hybridized carbons (Fsp3) is 1.00. The van der Waals surface area contributed by atoms with E-state index in [1.165, 1.54) is 0 Å². The Bertz CT molecular complexity index is 216. The first-order chi connectivity index (χ1) is 4.50. The fourth-order valence-electron chi connectivity index (χ4n) is 0.160. The Morgan fingerprint density at radius 1 is 1.08 bits per heavy atom. The summed E-state index contributed by atoms with van der Waals surface area (Å²) in [7, 11) is -11.1. The second kappa shape index (κ2) is 4.44.